The van der Waals surface area contributed by atoms with Crippen molar-refractivity contribution in [2.24, 2.45) is 0 Å². The van der Waals surface area contributed by atoms with Gasteiger partial charge in [-0.05, 0) is 13.8 Å². The topological polar surface area (TPSA) is 54.5 Å². The van der Waals surface area contributed by atoms with Crippen LogP contribution in [0.5, 0.6) is 0 Å². The second-order valence-electron chi connectivity index (χ2n) is 4.45. The van der Waals surface area contributed by atoms with E-state index in [2.05, 4.69) is 15.9 Å². The number of carbonyl (C=O) groups excluding carboxylic acids is 1. The Hall–Kier alpha value is 0.250. The average molecular weight is 344 g/mol. The van der Waals surface area contributed by atoms with Gasteiger partial charge in [-0.25, -0.2) is 8.42 Å². The van der Waals surface area contributed by atoms with E-state index in [1.807, 2.05) is 0 Å². The van der Waals surface area contributed by atoms with E-state index in [1.54, 1.807) is 32.5 Å². The summed E-state index contributed by atoms with van der Waals surface area (Å²) in [4.78, 5) is 13.7. The van der Waals surface area contributed by atoms with Crippen LogP contribution in [0.2, 0.25) is 0 Å². The summed E-state index contributed by atoms with van der Waals surface area (Å²) in [5.74, 6) is 1.19. The Labute approximate surface area is 116 Å². The van der Waals surface area contributed by atoms with Crippen LogP contribution in [0, 0.1) is 0 Å². The minimum absolute atomic E-state index is 0.0741. The van der Waals surface area contributed by atoms with Crippen LogP contribution in [0.25, 0.3) is 0 Å². The molecule has 1 saturated heterocycles. The molecule has 1 heterocycles. The summed E-state index contributed by atoms with van der Waals surface area (Å²) in [5.41, 5.74) is 0. The van der Waals surface area contributed by atoms with Gasteiger partial charge in [0.15, 0.2) is 9.84 Å². The highest BCUT2D eigenvalue weighted by Gasteiger charge is 2.40. The van der Waals surface area contributed by atoms with E-state index in [4.69, 9.17) is 0 Å². The Morgan fingerprint density at radius 3 is 2.59 bits per heavy atom. The molecular weight excluding hydrogens is 326 g/mol. The summed E-state index contributed by atoms with van der Waals surface area (Å²) in [6.07, 6.45) is 0. The molecule has 17 heavy (non-hydrogen) atoms. The quantitative estimate of drug-likeness (QED) is 0.728. The molecule has 1 aliphatic heterocycles. The normalized spacial score (nSPS) is 22.6. The third-order valence-corrected chi connectivity index (χ3v) is 6.30. The zero-order chi connectivity index (χ0) is 13.3. The molecule has 0 spiro atoms. The molecular formula is C10H18BrNO3S2. The smallest absolute Gasteiger partial charge is 0.240 e. The van der Waals surface area contributed by atoms with E-state index >= 15 is 0 Å². The molecule has 0 saturated carbocycles. The molecule has 1 unspecified atom stereocenters. The van der Waals surface area contributed by atoms with Crippen LogP contribution in [0.4, 0.5) is 0 Å². The number of alkyl halides is 1. The lowest BCUT2D eigenvalue weighted by Gasteiger charge is -2.37. The van der Waals surface area contributed by atoms with Gasteiger partial charge in [0, 0.05) is 23.8 Å². The highest BCUT2D eigenvalue weighted by molar-refractivity contribution is 9.10. The predicted molar refractivity (Wildman–Crippen MR) is 75.3 cm³/mol. The molecule has 0 radical (unpaired) electrons. The number of hydrogen-bond donors (Lipinski definition) is 0. The molecule has 0 aliphatic carbocycles. The summed E-state index contributed by atoms with van der Waals surface area (Å²) < 4.78 is 23.2. The number of sulfone groups is 1. The third-order valence-electron chi connectivity index (χ3n) is 2.67. The van der Waals surface area contributed by atoms with Gasteiger partial charge in [0.25, 0.3) is 0 Å². The maximum Gasteiger partial charge on any atom is 0.240 e. The summed E-state index contributed by atoms with van der Waals surface area (Å²) in [7, 11) is -3.21. The Kier molecular flexibility index (Phi) is 4.94. The van der Waals surface area contributed by atoms with Crippen LogP contribution in [0.1, 0.15) is 20.8 Å². The van der Waals surface area contributed by atoms with Gasteiger partial charge in [-0.15, -0.1) is 0 Å². The average Bonchev–Trinajstić information content (AvgIpc) is 2.27. The van der Waals surface area contributed by atoms with Gasteiger partial charge in [0.1, 0.15) is 5.37 Å². The highest BCUT2D eigenvalue weighted by atomic mass is 79.9. The van der Waals surface area contributed by atoms with Gasteiger partial charge >= 0.3 is 0 Å². The van der Waals surface area contributed by atoms with Gasteiger partial charge < -0.3 is 4.90 Å². The third kappa shape index (κ3) is 3.61. The predicted octanol–water partition coefficient (Wildman–Crippen LogP) is 1.50. The molecule has 0 aromatic carbocycles. The van der Waals surface area contributed by atoms with Crippen LogP contribution >= 0.6 is 27.7 Å². The van der Waals surface area contributed by atoms with Crippen LogP contribution in [-0.2, 0) is 14.6 Å². The lowest BCUT2D eigenvalue weighted by atomic mass is 10.2. The van der Waals surface area contributed by atoms with Crippen LogP contribution in [0.15, 0.2) is 0 Å². The van der Waals surface area contributed by atoms with Crippen molar-refractivity contribution >= 4 is 43.4 Å². The Morgan fingerprint density at radius 1 is 1.53 bits per heavy atom. The molecule has 100 valence electrons. The Bertz CT molecular complexity index is 389. The van der Waals surface area contributed by atoms with Crippen molar-refractivity contribution in [3.63, 3.8) is 0 Å². The standard InChI is InChI=1S/C10H18BrNO3S2/c1-4-17(14,15)8-7-16-6-5-12(8)9(13)10(2,3)11/h8H,4-7H2,1-3H3. The number of nitrogens with zero attached hydrogens (tertiary/aromatic N) is 1. The summed E-state index contributed by atoms with van der Waals surface area (Å²) in [6, 6.07) is 0. The molecule has 4 nitrogen and oxygen atoms in total. The van der Waals surface area contributed by atoms with Crippen molar-refractivity contribution in [3.05, 3.63) is 0 Å². The molecule has 1 aliphatic rings. The number of hydrogen-bond acceptors (Lipinski definition) is 4. The number of rotatable bonds is 3. The Balaban J connectivity index is 2.99. The first-order valence-corrected chi connectivity index (χ1v) is 9.15. The second-order valence-corrected chi connectivity index (χ2v) is 10.0. The van der Waals surface area contributed by atoms with E-state index in [1.165, 1.54) is 4.90 Å². The maximum absolute atomic E-state index is 12.2. The molecule has 0 aromatic rings. The molecule has 0 N–H and O–H groups in total. The van der Waals surface area contributed by atoms with Crippen molar-refractivity contribution < 1.29 is 13.2 Å². The van der Waals surface area contributed by atoms with Gasteiger partial charge in [-0.1, -0.05) is 22.9 Å². The van der Waals surface area contributed by atoms with Gasteiger partial charge in [-0.3, -0.25) is 4.79 Å². The number of thioether (sulfide) groups is 1. The number of carbonyl (C=O) groups is 1. The van der Waals surface area contributed by atoms with Crippen LogP contribution in [0.3, 0.4) is 0 Å². The minimum atomic E-state index is -3.21. The zero-order valence-corrected chi connectivity index (χ0v) is 13.5. The van der Waals surface area contributed by atoms with Gasteiger partial charge in [-0.2, -0.15) is 11.8 Å². The molecule has 1 atom stereocenters. The van der Waals surface area contributed by atoms with E-state index in [9.17, 15) is 13.2 Å². The van der Waals surface area contributed by atoms with Crippen LogP contribution in [-0.4, -0.2) is 52.7 Å². The van der Waals surface area contributed by atoms with Crippen LogP contribution < -0.4 is 0 Å². The van der Waals surface area contributed by atoms with Crippen molar-refractivity contribution in [1.29, 1.82) is 0 Å². The first kappa shape index (κ1) is 15.3. The van der Waals surface area contributed by atoms with Gasteiger partial charge in [0.05, 0.1) is 4.32 Å². The SMILES string of the molecule is CCS(=O)(=O)C1CSCCN1C(=O)C(C)(C)Br. The molecule has 1 fully saturated rings. The van der Waals surface area contributed by atoms with E-state index in [0.29, 0.717) is 12.3 Å². The molecule has 1 amide bonds. The minimum Gasteiger partial charge on any atom is -0.323 e. The van der Waals surface area contributed by atoms with E-state index in [0.717, 1.165) is 5.75 Å². The monoisotopic (exact) mass is 343 g/mol. The van der Waals surface area contributed by atoms with E-state index < -0.39 is 19.5 Å². The fourth-order valence-electron chi connectivity index (χ4n) is 1.64. The number of amides is 1. The summed E-state index contributed by atoms with van der Waals surface area (Å²) in [5, 5.41) is -0.671. The summed E-state index contributed by atoms with van der Waals surface area (Å²) in [6.45, 7) is 5.61. The number of halogens is 1. The maximum atomic E-state index is 12.2. The zero-order valence-electron chi connectivity index (χ0n) is 10.3. The van der Waals surface area contributed by atoms with Crippen molar-refractivity contribution in [2.75, 3.05) is 23.8 Å². The Morgan fingerprint density at radius 2 is 2.12 bits per heavy atom. The fraction of sp³-hybridized carbons (Fsp3) is 0.900. The van der Waals surface area contributed by atoms with Gasteiger partial charge in [0.2, 0.25) is 5.91 Å². The highest BCUT2D eigenvalue weighted by Crippen LogP contribution is 2.27. The van der Waals surface area contributed by atoms with Crippen molar-refractivity contribution in [1.82, 2.24) is 4.90 Å². The van der Waals surface area contributed by atoms with Crippen molar-refractivity contribution in [2.45, 2.75) is 30.5 Å². The largest absolute Gasteiger partial charge is 0.323 e. The first-order valence-electron chi connectivity index (χ1n) is 5.49. The fourth-order valence-corrected chi connectivity index (χ4v) is 4.84. The molecule has 0 bridgehead atoms. The summed E-state index contributed by atoms with van der Waals surface area (Å²) >= 11 is 4.89. The lowest BCUT2D eigenvalue weighted by Crippen LogP contribution is -2.54. The first-order chi connectivity index (χ1) is 7.70. The second kappa shape index (κ2) is 5.48. The lowest BCUT2D eigenvalue weighted by molar-refractivity contribution is -0.133. The van der Waals surface area contributed by atoms with E-state index in [-0.39, 0.29) is 11.7 Å². The molecule has 0 aromatic heterocycles. The molecule has 1 rings (SSSR count). The molecule has 7 heteroatoms. The van der Waals surface area contributed by atoms with Crippen molar-refractivity contribution in [3.8, 4) is 0 Å².